The van der Waals surface area contributed by atoms with Gasteiger partial charge in [0.25, 0.3) is 0 Å². The fourth-order valence-electron chi connectivity index (χ4n) is 2.12. The summed E-state index contributed by atoms with van der Waals surface area (Å²) in [6.45, 7) is 1.05. The standard InChI is InChI=1S/C15H17FN2O2/c1-15(8-16,9-2-4-13(19)11(17)6-9)10-3-5-14(20)12(18)7-10/h2-7,19-20H,8,17-18H2,1H3. The number of halogens is 1. The molecule has 5 heteroatoms. The van der Waals surface area contributed by atoms with E-state index in [1.165, 1.54) is 24.3 Å². The maximum absolute atomic E-state index is 13.7. The first kappa shape index (κ1) is 14.0. The number of alkyl halides is 1. The number of rotatable bonds is 3. The van der Waals surface area contributed by atoms with E-state index in [1.54, 1.807) is 19.1 Å². The average Bonchev–Trinajstić information content (AvgIpc) is 2.44. The molecule has 2 aromatic rings. The molecule has 0 unspecified atom stereocenters. The molecule has 0 aliphatic carbocycles. The van der Waals surface area contributed by atoms with E-state index in [2.05, 4.69) is 0 Å². The lowest BCUT2D eigenvalue weighted by atomic mass is 9.77. The number of phenolic OH excluding ortho intramolecular Hbond substituents is 2. The van der Waals surface area contributed by atoms with Crippen LogP contribution in [0.25, 0.3) is 0 Å². The fourth-order valence-corrected chi connectivity index (χ4v) is 2.12. The Bertz CT molecular complexity index is 592. The van der Waals surface area contributed by atoms with Crippen molar-refractivity contribution >= 4 is 11.4 Å². The number of aromatic hydroxyl groups is 2. The van der Waals surface area contributed by atoms with E-state index < -0.39 is 12.1 Å². The molecule has 20 heavy (non-hydrogen) atoms. The van der Waals surface area contributed by atoms with E-state index in [1.807, 2.05) is 0 Å². The van der Waals surface area contributed by atoms with Crippen LogP contribution in [-0.4, -0.2) is 16.9 Å². The Hall–Kier alpha value is -2.43. The zero-order valence-electron chi connectivity index (χ0n) is 11.1. The van der Waals surface area contributed by atoms with Gasteiger partial charge in [-0.05, 0) is 42.3 Å². The molecule has 0 amide bonds. The zero-order valence-corrected chi connectivity index (χ0v) is 11.1. The molecule has 0 spiro atoms. The van der Waals surface area contributed by atoms with Gasteiger partial charge < -0.3 is 21.7 Å². The molecule has 2 aromatic carbocycles. The van der Waals surface area contributed by atoms with Crippen molar-refractivity contribution in [2.75, 3.05) is 18.1 Å². The maximum Gasteiger partial charge on any atom is 0.138 e. The first-order valence-electron chi connectivity index (χ1n) is 6.12. The molecule has 0 radical (unpaired) electrons. The summed E-state index contributed by atoms with van der Waals surface area (Å²) in [6.07, 6.45) is 0. The fraction of sp³-hybridized carbons (Fsp3) is 0.200. The van der Waals surface area contributed by atoms with E-state index in [0.717, 1.165) is 0 Å². The lowest BCUT2D eigenvalue weighted by Gasteiger charge is -2.28. The van der Waals surface area contributed by atoms with Crippen LogP contribution >= 0.6 is 0 Å². The third-order valence-corrected chi connectivity index (χ3v) is 3.60. The van der Waals surface area contributed by atoms with Gasteiger partial charge in [-0.3, -0.25) is 0 Å². The highest BCUT2D eigenvalue weighted by Gasteiger charge is 2.30. The monoisotopic (exact) mass is 276 g/mol. The number of phenols is 2. The number of nitrogen functional groups attached to an aromatic ring is 2. The molecule has 0 aromatic heterocycles. The summed E-state index contributed by atoms with van der Waals surface area (Å²) >= 11 is 0. The first-order chi connectivity index (χ1) is 9.38. The molecule has 6 N–H and O–H groups in total. The Kier molecular flexibility index (Phi) is 3.44. The lowest BCUT2D eigenvalue weighted by Crippen LogP contribution is -2.26. The molecule has 0 atom stereocenters. The summed E-state index contributed by atoms with van der Waals surface area (Å²) in [5.74, 6) is -0.0830. The van der Waals surface area contributed by atoms with Crippen LogP contribution in [0.15, 0.2) is 36.4 Å². The van der Waals surface area contributed by atoms with E-state index >= 15 is 0 Å². The lowest BCUT2D eigenvalue weighted by molar-refractivity contribution is 0.372. The Morgan fingerprint density at radius 2 is 1.35 bits per heavy atom. The summed E-state index contributed by atoms with van der Waals surface area (Å²) < 4.78 is 13.7. The molecular formula is C15H17FN2O2. The van der Waals surface area contributed by atoms with Gasteiger partial charge in [-0.2, -0.15) is 0 Å². The average molecular weight is 276 g/mol. The summed E-state index contributed by atoms with van der Waals surface area (Å²) in [4.78, 5) is 0. The number of anilines is 2. The molecule has 0 saturated carbocycles. The first-order valence-corrected chi connectivity index (χ1v) is 6.12. The van der Waals surface area contributed by atoms with Gasteiger partial charge in [-0.15, -0.1) is 0 Å². The van der Waals surface area contributed by atoms with Gasteiger partial charge >= 0.3 is 0 Å². The molecule has 106 valence electrons. The quantitative estimate of drug-likeness (QED) is 0.512. The summed E-state index contributed by atoms with van der Waals surface area (Å²) in [6, 6.07) is 9.18. The maximum atomic E-state index is 13.7. The molecule has 0 bridgehead atoms. The summed E-state index contributed by atoms with van der Waals surface area (Å²) in [7, 11) is 0. The number of hydrogen-bond acceptors (Lipinski definition) is 4. The smallest absolute Gasteiger partial charge is 0.138 e. The Balaban J connectivity index is 2.57. The van der Waals surface area contributed by atoms with Gasteiger partial charge in [-0.25, -0.2) is 4.39 Å². The van der Waals surface area contributed by atoms with Crippen LogP contribution in [0.4, 0.5) is 15.8 Å². The van der Waals surface area contributed by atoms with Gasteiger partial charge in [0.15, 0.2) is 0 Å². The van der Waals surface area contributed by atoms with E-state index in [-0.39, 0.29) is 22.9 Å². The summed E-state index contributed by atoms with van der Waals surface area (Å²) in [5, 5.41) is 18.9. The highest BCUT2D eigenvalue weighted by molar-refractivity contribution is 5.59. The van der Waals surface area contributed by atoms with Crippen LogP contribution in [0.2, 0.25) is 0 Å². The second kappa shape index (κ2) is 4.92. The molecule has 0 heterocycles. The Morgan fingerprint density at radius 3 is 1.65 bits per heavy atom. The van der Waals surface area contributed by atoms with Crippen molar-refractivity contribution in [3.05, 3.63) is 47.5 Å². The largest absolute Gasteiger partial charge is 0.506 e. The predicted octanol–water partition coefficient (Wildman–Crippen LogP) is 2.54. The van der Waals surface area contributed by atoms with Crippen LogP contribution in [0.1, 0.15) is 18.1 Å². The Labute approximate surface area is 116 Å². The van der Waals surface area contributed by atoms with Gasteiger partial charge in [0, 0.05) is 5.41 Å². The van der Waals surface area contributed by atoms with Crippen LogP contribution in [0.3, 0.4) is 0 Å². The van der Waals surface area contributed by atoms with Crippen LogP contribution in [-0.2, 0) is 5.41 Å². The third-order valence-electron chi connectivity index (χ3n) is 3.60. The molecular weight excluding hydrogens is 259 g/mol. The normalized spacial score (nSPS) is 11.5. The summed E-state index contributed by atoms with van der Waals surface area (Å²) in [5.41, 5.74) is 12.0. The highest BCUT2D eigenvalue weighted by atomic mass is 19.1. The molecule has 0 fully saturated rings. The van der Waals surface area contributed by atoms with Crippen molar-refractivity contribution in [2.45, 2.75) is 12.3 Å². The molecule has 2 rings (SSSR count). The minimum atomic E-state index is -0.955. The van der Waals surface area contributed by atoms with Crippen LogP contribution < -0.4 is 11.5 Å². The van der Waals surface area contributed by atoms with E-state index in [4.69, 9.17) is 11.5 Å². The highest BCUT2D eigenvalue weighted by Crippen LogP contribution is 2.37. The van der Waals surface area contributed by atoms with Crippen molar-refractivity contribution in [3.8, 4) is 11.5 Å². The van der Waals surface area contributed by atoms with Gasteiger partial charge in [-0.1, -0.05) is 12.1 Å². The van der Waals surface area contributed by atoms with Gasteiger partial charge in [0.1, 0.15) is 18.2 Å². The number of benzene rings is 2. The van der Waals surface area contributed by atoms with Crippen LogP contribution in [0, 0.1) is 0 Å². The topological polar surface area (TPSA) is 92.5 Å². The minimum Gasteiger partial charge on any atom is -0.506 e. The molecule has 0 saturated heterocycles. The van der Waals surface area contributed by atoms with Crippen molar-refractivity contribution in [1.82, 2.24) is 0 Å². The van der Waals surface area contributed by atoms with Crippen molar-refractivity contribution < 1.29 is 14.6 Å². The zero-order chi connectivity index (χ0) is 14.9. The third kappa shape index (κ3) is 2.22. The Morgan fingerprint density at radius 1 is 0.950 bits per heavy atom. The van der Waals surface area contributed by atoms with Crippen molar-refractivity contribution in [1.29, 1.82) is 0 Å². The second-order valence-electron chi connectivity index (χ2n) is 5.01. The molecule has 0 aliphatic heterocycles. The molecule has 4 nitrogen and oxygen atoms in total. The number of nitrogens with two attached hydrogens (primary N) is 2. The van der Waals surface area contributed by atoms with Crippen LogP contribution in [0.5, 0.6) is 11.5 Å². The van der Waals surface area contributed by atoms with Crippen molar-refractivity contribution in [3.63, 3.8) is 0 Å². The van der Waals surface area contributed by atoms with Crippen molar-refractivity contribution in [2.24, 2.45) is 0 Å². The second-order valence-corrected chi connectivity index (χ2v) is 5.01. The van der Waals surface area contributed by atoms with E-state index in [0.29, 0.717) is 11.1 Å². The number of hydrogen-bond donors (Lipinski definition) is 4. The van der Waals surface area contributed by atoms with Gasteiger partial charge in [0.05, 0.1) is 11.4 Å². The minimum absolute atomic E-state index is 0.0415. The predicted molar refractivity (Wildman–Crippen MR) is 77.5 cm³/mol. The van der Waals surface area contributed by atoms with Gasteiger partial charge in [0.2, 0.25) is 0 Å². The molecule has 0 aliphatic rings. The van der Waals surface area contributed by atoms with E-state index in [9.17, 15) is 14.6 Å². The SMILES string of the molecule is CC(CF)(c1ccc(O)c(N)c1)c1ccc(O)c(N)c1.